The molecule has 1 saturated heterocycles. The van der Waals surface area contributed by atoms with Gasteiger partial charge in [0.05, 0.1) is 25.3 Å². The molecule has 1 aliphatic rings. The van der Waals surface area contributed by atoms with Crippen LogP contribution in [0.25, 0.3) is 11.3 Å². The maximum atomic E-state index is 12.4. The molecule has 1 aromatic heterocycles. The van der Waals surface area contributed by atoms with E-state index in [0.29, 0.717) is 19.6 Å². The van der Waals surface area contributed by atoms with Gasteiger partial charge in [-0.25, -0.2) is 0 Å². The third-order valence-electron chi connectivity index (χ3n) is 4.91. The summed E-state index contributed by atoms with van der Waals surface area (Å²) in [6.45, 7) is 5.13. The van der Waals surface area contributed by atoms with Crippen molar-refractivity contribution in [2.24, 2.45) is 0 Å². The Bertz CT molecular complexity index is 965. The molecule has 0 atom stereocenters. The van der Waals surface area contributed by atoms with Crippen LogP contribution in [0, 0.1) is 6.92 Å². The summed E-state index contributed by atoms with van der Waals surface area (Å²) in [6.07, 6.45) is 0.346. The first kappa shape index (κ1) is 19.1. The minimum absolute atomic E-state index is 0.0419. The second kappa shape index (κ2) is 8.84. The molecular formula is C23H24N4O2. The molecular weight excluding hydrogens is 364 g/mol. The summed E-state index contributed by atoms with van der Waals surface area (Å²) < 4.78 is 5.38. The highest BCUT2D eigenvalue weighted by atomic mass is 16.5. The largest absolute Gasteiger partial charge is 0.378 e. The number of aromatic nitrogens is 2. The first-order valence-electron chi connectivity index (χ1n) is 9.80. The van der Waals surface area contributed by atoms with Crippen molar-refractivity contribution < 1.29 is 9.53 Å². The van der Waals surface area contributed by atoms with Gasteiger partial charge in [-0.1, -0.05) is 42.0 Å². The van der Waals surface area contributed by atoms with Crippen LogP contribution in [0.2, 0.25) is 0 Å². The van der Waals surface area contributed by atoms with E-state index in [1.165, 1.54) is 5.56 Å². The molecule has 3 aromatic rings. The van der Waals surface area contributed by atoms with E-state index in [1.54, 1.807) is 0 Å². The van der Waals surface area contributed by atoms with Crippen LogP contribution in [0.3, 0.4) is 0 Å². The number of carbonyl (C=O) groups excluding carboxylic acids is 1. The van der Waals surface area contributed by atoms with E-state index < -0.39 is 0 Å². The minimum atomic E-state index is -0.0419. The first-order valence-corrected chi connectivity index (χ1v) is 9.80. The Hall–Kier alpha value is -3.25. The lowest BCUT2D eigenvalue weighted by atomic mass is 10.1. The van der Waals surface area contributed by atoms with Crippen molar-refractivity contribution in [3.63, 3.8) is 0 Å². The Morgan fingerprint density at radius 2 is 1.83 bits per heavy atom. The second-order valence-electron chi connectivity index (χ2n) is 7.17. The van der Waals surface area contributed by atoms with Gasteiger partial charge in [0, 0.05) is 24.3 Å². The van der Waals surface area contributed by atoms with Crippen LogP contribution in [0.4, 0.5) is 11.5 Å². The maximum absolute atomic E-state index is 12.4. The number of hydrogen-bond acceptors (Lipinski definition) is 5. The Morgan fingerprint density at radius 1 is 1.03 bits per heavy atom. The van der Waals surface area contributed by atoms with Gasteiger partial charge in [-0.2, -0.15) is 0 Å². The number of rotatable bonds is 5. The average Bonchev–Trinajstić information content (AvgIpc) is 2.76. The highest BCUT2D eigenvalue weighted by Crippen LogP contribution is 2.22. The number of morpholine rings is 1. The van der Waals surface area contributed by atoms with Crippen molar-refractivity contribution in [1.82, 2.24) is 10.2 Å². The third kappa shape index (κ3) is 4.97. The molecule has 148 valence electrons. The van der Waals surface area contributed by atoms with E-state index in [2.05, 4.69) is 20.4 Å². The fraction of sp³-hybridized carbons (Fsp3) is 0.261. The molecule has 0 saturated carbocycles. The zero-order valence-electron chi connectivity index (χ0n) is 16.5. The van der Waals surface area contributed by atoms with Gasteiger partial charge in [-0.3, -0.25) is 4.79 Å². The molecule has 6 heteroatoms. The summed E-state index contributed by atoms with van der Waals surface area (Å²) in [5, 5.41) is 11.7. The van der Waals surface area contributed by atoms with Crippen LogP contribution in [0.1, 0.15) is 11.1 Å². The van der Waals surface area contributed by atoms with E-state index in [4.69, 9.17) is 4.74 Å². The lowest BCUT2D eigenvalue weighted by Crippen LogP contribution is -2.36. The summed E-state index contributed by atoms with van der Waals surface area (Å²) in [6, 6.07) is 19.6. The zero-order valence-corrected chi connectivity index (χ0v) is 16.5. The second-order valence-corrected chi connectivity index (χ2v) is 7.17. The highest BCUT2D eigenvalue weighted by molar-refractivity contribution is 5.92. The van der Waals surface area contributed by atoms with Crippen LogP contribution in [0.5, 0.6) is 0 Å². The number of nitrogens with zero attached hydrogens (tertiary/aromatic N) is 3. The van der Waals surface area contributed by atoms with E-state index in [0.717, 1.165) is 41.4 Å². The summed E-state index contributed by atoms with van der Waals surface area (Å²) >= 11 is 0. The number of amides is 1. The molecule has 0 bridgehead atoms. The highest BCUT2D eigenvalue weighted by Gasteiger charge is 2.13. The van der Waals surface area contributed by atoms with Crippen molar-refractivity contribution >= 4 is 17.4 Å². The topological polar surface area (TPSA) is 67.4 Å². The molecule has 0 unspecified atom stereocenters. The number of nitrogens with one attached hydrogen (secondary N) is 1. The predicted octanol–water partition coefficient (Wildman–Crippen LogP) is 3.47. The first-order chi connectivity index (χ1) is 14.2. The Morgan fingerprint density at radius 3 is 2.55 bits per heavy atom. The van der Waals surface area contributed by atoms with Gasteiger partial charge in [0.25, 0.3) is 0 Å². The number of aryl methyl sites for hydroxylation is 1. The molecule has 1 N–H and O–H groups in total. The van der Waals surface area contributed by atoms with Crippen molar-refractivity contribution in [2.45, 2.75) is 13.3 Å². The van der Waals surface area contributed by atoms with Crippen LogP contribution < -0.4 is 10.2 Å². The quantitative estimate of drug-likeness (QED) is 0.725. The summed E-state index contributed by atoms with van der Waals surface area (Å²) in [5.74, 6) is 0.819. The van der Waals surface area contributed by atoms with Crippen LogP contribution in [-0.2, 0) is 16.0 Å². The fourth-order valence-corrected chi connectivity index (χ4v) is 3.29. The lowest BCUT2D eigenvalue weighted by Gasteiger charge is -2.27. The number of hydrogen-bond donors (Lipinski definition) is 1. The number of ether oxygens (including phenoxy) is 1. The van der Waals surface area contributed by atoms with E-state index >= 15 is 0 Å². The average molecular weight is 388 g/mol. The molecule has 1 aliphatic heterocycles. The van der Waals surface area contributed by atoms with Gasteiger partial charge in [0.1, 0.15) is 0 Å². The van der Waals surface area contributed by atoms with E-state index in [-0.39, 0.29) is 5.91 Å². The van der Waals surface area contributed by atoms with Crippen LogP contribution in [-0.4, -0.2) is 42.4 Å². The van der Waals surface area contributed by atoms with Gasteiger partial charge in [0.2, 0.25) is 5.91 Å². The number of anilines is 2. The standard InChI is InChI=1S/C23H24N4O2/c1-17-5-7-18(8-6-17)15-23(28)24-20-4-2-3-19(16-20)21-9-10-22(26-25-21)27-11-13-29-14-12-27/h2-10,16H,11-15H2,1H3,(H,24,28). The van der Waals surface area contributed by atoms with Gasteiger partial charge in [-0.05, 0) is 36.8 Å². The van der Waals surface area contributed by atoms with E-state index in [9.17, 15) is 4.79 Å². The Balaban J connectivity index is 1.42. The third-order valence-corrected chi connectivity index (χ3v) is 4.91. The molecule has 1 amide bonds. The fourth-order valence-electron chi connectivity index (χ4n) is 3.29. The van der Waals surface area contributed by atoms with Gasteiger partial charge < -0.3 is 15.0 Å². The predicted molar refractivity (Wildman–Crippen MR) is 114 cm³/mol. The minimum Gasteiger partial charge on any atom is -0.378 e. The molecule has 4 rings (SSSR count). The van der Waals surface area contributed by atoms with Crippen LogP contribution in [0.15, 0.2) is 60.7 Å². The molecule has 6 nitrogen and oxygen atoms in total. The Labute approximate surface area is 170 Å². The lowest BCUT2D eigenvalue weighted by molar-refractivity contribution is -0.115. The summed E-state index contributed by atoms with van der Waals surface area (Å²) in [5.41, 5.74) is 4.62. The molecule has 2 heterocycles. The maximum Gasteiger partial charge on any atom is 0.228 e. The van der Waals surface area contributed by atoms with Crippen LogP contribution >= 0.6 is 0 Å². The zero-order chi connectivity index (χ0) is 20.1. The van der Waals surface area contributed by atoms with Gasteiger partial charge in [-0.15, -0.1) is 10.2 Å². The molecule has 1 fully saturated rings. The summed E-state index contributed by atoms with van der Waals surface area (Å²) in [4.78, 5) is 14.5. The molecule has 2 aromatic carbocycles. The molecule has 0 spiro atoms. The monoisotopic (exact) mass is 388 g/mol. The van der Waals surface area contributed by atoms with Crippen molar-refractivity contribution in [2.75, 3.05) is 36.5 Å². The Kier molecular flexibility index (Phi) is 5.81. The van der Waals surface area contributed by atoms with Gasteiger partial charge >= 0.3 is 0 Å². The van der Waals surface area contributed by atoms with Crippen molar-refractivity contribution in [1.29, 1.82) is 0 Å². The molecule has 0 aliphatic carbocycles. The van der Waals surface area contributed by atoms with E-state index in [1.807, 2.05) is 67.6 Å². The SMILES string of the molecule is Cc1ccc(CC(=O)Nc2cccc(-c3ccc(N4CCOCC4)nn3)c2)cc1. The van der Waals surface area contributed by atoms with Crippen molar-refractivity contribution in [3.8, 4) is 11.3 Å². The molecule has 0 radical (unpaired) electrons. The van der Waals surface area contributed by atoms with Gasteiger partial charge in [0.15, 0.2) is 5.82 Å². The normalized spacial score (nSPS) is 13.9. The number of benzene rings is 2. The summed E-state index contributed by atoms with van der Waals surface area (Å²) in [7, 11) is 0. The molecule has 29 heavy (non-hydrogen) atoms. The van der Waals surface area contributed by atoms with Crippen molar-refractivity contribution in [3.05, 3.63) is 71.8 Å². The number of carbonyl (C=O) groups is 1. The smallest absolute Gasteiger partial charge is 0.228 e.